The van der Waals surface area contributed by atoms with Crippen molar-refractivity contribution in [1.82, 2.24) is 15.0 Å². The van der Waals surface area contributed by atoms with E-state index in [1.807, 2.05) is 32.2 Å². The summed E-state index contributed by atoms with van der Waals surface area (Å²) in [6.07, 6.45) is 0. The smallest absolute Gasteiger partial charge is 0.240 e. The van der Waals surface area contributed by atoms with Crippen molar-refractivity contribution in [3.8, 4) is 0 Å². The van der Waals surface area contributed by atoms with Crippen molar-refractivity contribution in [2.75, 3.05) is 7.05 Å². The minimum atomic E-state index is -3.53. The molecule has 0 aliphatic rings. The van der Waals surface area contributed by atoms with Crippen LogP contribution in [-0.4, -0.2) is 20.4 Å². The van der Waals surface area contributed by atoms with Gasteiger partial charge in [0.05, 0.1) is 17.1 Å². The second-order valence-electron chi connectivity index (χ2n) is 4.77. The zero-order valence-electron chi connectivity index (χ0n) is 12.1. The third-order valence-corrected chi connectivity index (χ3v) is 4.38. The van der Waals surface area contributed by atoms with Gasteiger partial charge in [-0.05, 0) is 43.8 Å². The van der Waals surface area contributed by atoms with E-state index in [2.05, 4.69) is 15.0 Å². The molecular formula is C15H19N3O2S. The van der Waals surface area contributed by atoms with Crippen LogP contribution in [0, 0.1) is 6.92 Å². The molecule has 1 aromatic carbocycles. The molecule has 2 aromatic rings. The molecule has 0 spiro atoms. The van der Waals surface area contributed by atoms with Crippen LogP contribution in [0.1, 0.15) is 17.0 Å². The number of nitrogens with one attached hydrogen (secondary N) is 2. The van der Waals surface area contributed by atoms with E-state index in [-0.39, 0.29) is 11.4 Å². The van der Waals surface area contributed by atoms with Gasteiger partial charge in [0.15, 0.2) is 0 Å². The monoisotopic (exact) mass is 305 g/mol. The number of aryl methyl sites for hydroxylation is 1. The lowest BCUT2D eigenvalue weighted by Gasteiger charge is -2.08. The molecule has 5 nitrogen and oxygen atoms in total. The summed E-state index contributed by atoms with van der Waals surface area (Å²) in [6, 6.07) is 12.4. The quantitative estimate of drug-likeness (QED) is 0.850. The molecule has 0 unspecified atom stereocenters. The van der Waals surface area contributed by atoms with E-state index in [0.29, 0.717) is 12.2 Å². The van der Waals surface area contributed by atoms with E-state index < -0.39 is 10.0 Å². The average molecular weight is 305 g/mol. The Labute approximate surface area is 125 Å². The number of benzene rings is 1. The fourth-order valence-corrected chi connectivity index (χ4v) is 3.05. The molecule has 6 heteroatoms. The second kappa shape index (κ2) is 6.80. The maximum absolute atomic E-state index is 12.3. The highest BCUT2D eigenvalue weighted by molar-refractivity contribution is 7.89. The molecule has 0 fully saturated rings. The molecule has 0 bridgehead atoms. The van der Waals surface area contributed by atoms with Crippen molar-refractivity contribution >= 4 is 10.0 Å². The van der Waals surface area contributed by atoms with Crippen LogP contribution in [0.5, 0.6) is 0 Å². The van der Waals surface area contributed by atoms with E-state index in [0.717, 1.165) is 11.3 Å². The number of hydrogen-bond donors (Lipinski definition) is 2. The third kappa shape index (κ3) is 4.35. The first-order valence-corrected chi connectivity index (χ1v) is 8.15. The molecule has 0 aliphatic heterocycles. The molecule has 0 radical (unpaired) electrons. The Bertz CT molecular complexity index is 714. The number of pyridine rings is 1. The molecule has 0 saturated heterocycles. The van der Waals surface area contributed by atoms with E-state index >= 15 is 0 Å². The number of sulfonamides is 1. The molecule has 1 heterocycles. The highest BCUT2D eigenvalue weighted by Crippen LogP contribution is 2.12. The molecule has 0 saturated carbocycles. The molecular weight excluding hydrogens is 286 g/mol. The van der Waals surface area contributed by atoms with E-state index in [1.54, 1.807) is 24.3 Å². The molecule has 0 amide bonds. The first-order valence-electron chi connectivity index (χ1n) is 6.67. The van der Waals surface area contributed by atoms with E-state index in [4.69, 9.17) is 0 Å². The minimum Gasteiger partial charge on any atom is -0.316 e. The predicted molar refractivity (Wildman–Crippen MR) is 82.2 cm³/mol. The summed E-state index contributed by atoms with van der Waals surface area (Å²) in [5.74, 6) is 0. The summed E-state index contributed by atoms with van der Waals surface area (Å²) < 4.78 is 27.2. The lowest BCUT2D eigenvalue weighted by molar-refractivity contribution is 0.580. The minimum absolute atomic E-state index is 0.181. The summed E-state index contributed by atoms with van der Waals surface area (Å²) >= 11 is 0. The Morgan fingerprint density at radius 2 is 1.86 bits per heavy atom. The van der Waals surface area contributed by atoms with Crippen molar-refractivity contribution in [3.05, 3.63) is 59.4 Å². The molecule has 112 valence electrons. The lowest BCUT2D eigenvalue weighted by Crippen LogP contribution is -2.24. The maximum Gasteiger partial charge on any atom is 0.240 e. The standard InChI is InChI=1S/C15H19N3O2S/c1-12-5-3-7-14(18-12)11-17-21(19,20)15-8-4-6-13(9-15)10-16-2/h3-9,16-17H,10-11H2,1-2H3. The summed E-state index contributed by atoms with van der Waals surface area (Å²) in [5, 5.41) is 3.00. The van der Waals surface area contributed by atoms with Gasteiger partial charge in [-0.1, -0.05) is 18.2 Å². The molecule has 0 atom stereocenters. The SMILES string of the molecule is CNCc1cccc(S(=O)(=O)NCc2cccc(C)n2)c1. The topological polar surface area (TPSA) is 71.1 Å². The first kappa shape index (κ1) is 15.6. The van der Waals surface area contributed by atoms with Gasteiger partial charge in [0.2, 0.25) is 10.0 Å². The van der Waals surface area contributed by atoms with Gasteiger partial charge in [0, 0.05) is 12.2 Å². The third-order valence-electron chi connectivity index (χ3n) is 2.98. The fraction of sp³-hybridized carbons (Fsp3) is 0.267. The number of aromatic nitrogens is 1. The maximum atomic E-state index is 12.3. The van der Waals surface area contributed by atoms with Gasteiger partial charge >= 0.3 is 0 Å². The highest BCUT2D eigenvalue weighted by atomic mass is 32.2. The van der Waals surface area contributed by atoms with Crippen LogP contribution < -0.4 is 10.0 Å². The second-order valence-corrected chi connectivity index (χ2v) is 6.54. The van der Waals surface area contributed by atoms with Gasteiger partial charge in [-0.25, -0.2) is 13.1 Å². The molecule has 2 rings (SSSR count). The summed E-state index contributed by atoms with van der Waals surface area (Å²) in [4.78, 5) is 4.55. The Balaban J connectivity index is 2.13. The molecule has 1 aromatic heterocycles. The number of hydrogen-bond acceptors (Lipinski definition) is 4. The van der Waals surface area contributed by atoms with Crippen molar-refractivity contribution in [1.29, 1.82) is 0 Å². The Morgan fingerprint density at radius 3 is 2.57 bits per heavy atom. The number of rotatable bonds is 6. The van der Waals surface area contributed by atoms with Crippen LogP contribution in [0.15, 0.2) is 47.4 Å². The van der Waals surface area contributed by atoms with Gasteiger partial charge in [-0.2, -0.15) is 0 Å². The fourth-order valence-electron chi connectivity index (χ4n) is 1.98. The van der Waals surface area contributed by atoms with Crippen LogP contribution in [0.3, 0.4) is 0 Å². The summed E-state index contributed by atoms with van der Waals surface area (Å²) in [5.41, 5.74) is 2.49. The van der Waals surface area contributed by atoms with Crippen LogP contribution >= 0.6 is 0 Å². The van der Waals surface area contributed by atoms with Gasteiger partial charge in [-0.15, -0.1) is 0 Å². The van der Waals surface area contributed by atoms with Gasteiger partial charge < -0.3 is 5.32 Å². The van der Waals surface area contributed by atoms with Crippen LogP contribution in [0.4, 0.5) is 0 Å². The Kier molecular flexibility index (Phi) is 5.06. The van der Waals surface area contributed by atoms with Crippen molar-refractivity contribution in [2.45, 2.75) is 24.9 Å². The van der Waals surface area contributed by atoms with Crippen LogP contribution in [0.25, 0.3) is 0 Å². The molecule has 0 aliphatic carbocycles. The zero-order chi connectivity index (χ0) is 15.3. The Morgan fingerprint density at radius 1 is 1.10 bits per heavy atom. The van der Waals surface area contributed by atoms with Gasteiger partial charge in [0.1, 0.15) is 0 Å². The van der Waals surface area contributed by atoms with E-state index in [9.17, 15) is 8.42 Å². The van der Waals surface area contributed by atoms with Crippen LogP contribution in [-0.2, 0) is 23.1 Å². The van der Waals surface area contributed by atoms with Crippen molar-refractivity contribution in [2.24, 2.45) is 0 Å². The number of nitrogens with zero attached hydrogens (tertiary/aromatic N) is 1. The summed E-state index contributed by atoms with van der Waals surface area (Å²) in [6.45, 7) is 2.68. The molecule has 21 heavy (non-hydrogen) atoms. The normalized spacial score (nSPS) is 11.5. The zero-order valence-corrected chi connectivity index (χ0v) is 12.9. The summed E-state index contributed by atoms with van der Waals surface area (Å²) in [7, 11) is -1.71. The Hall–Kier alpha value is -1.76. The van der Waals surface area contributed by atoms with Crippen LogP contribution in [0.2, 0.25) is 0 Å². The van der Waals surface area contributed by atoms with Gasteiger partial charge in [-0.3, -0.25) is 4.98 Å². The van der Waals surface area contributed by atoms with E-state index in [1.165, 1.54) is 0 Å². The predicted octanol–water partition coefficient (Wildman–Crippen LogP) is 1.59. The van der Waals surface area contributed by atoms with Gasteiger partial charge in [0.25, 0.3) is 0 Å². The largest absolute Gasteiger partial charge is 0.316 e. The molecule has 2 N–H and O–H groups in total. The van der Waals surface area contributed by atoms with Crippen molar-refractivity contribution in [3.63, 3.8) is 0 Å². The highest BCUT2D eigenvalue weighted by Gasteiger charge is 2.14. The average Bonchev–Trinajstić information content (AvgIpc) is 2.46. The van der Waals surface area contributed by atoms with Crippen molar-refractivity contribution < 1.29 is 8.42 Å². The lowest BCUT2D eigenvalue weighted by atomic mass is 10.2. The first-order chi connectivity index (χ1) is 10.0.